The Hall–Kier alpha value is -13.7. The Balaban J connectivity index is 0.000000129. The van der Waals surface area contributed by atoms with Gasteiger partial charge in [-0.25, -0.2) is 38.7 Å². The second-order valence-electron chi connectivity index (χ2n) is 29.3. The van der Waals surface area contributed by atoms with E-state index in [0.717, 1.165) is 57.7 Å². The van der Waals surface area contributed by atoms with Crippen LogP contribution < -0.4 is 44.3 Å². The number of nitro groups is 1. The highest BCUT2D eigenvalue weighted by Crippen LogP contribution is 2.36. The van der Waals surface area contributed by atoms with E-state index in [-0.39, 0.29) is 55.5 Å². The van der Waals surface area contributed by atoms with Crippen molar-refractivity contribution in [3.63, 3.8) is 0 Å². The number of nitrogens with zero attached hydrogens (tertiary/aromatic N) is 25. The molecule has 4 aliphatic rings. The lowest BCUT2D eigenvalue weighted by Gasteiger charge is -2.36. The Kier molecular flexibility index (Phi) is 26.5. The van der Waals surface area contributed by atoms with Gasteiger partial charge in [-0.1, -0.05) is 56.7 Å². The molecular formula is C83H86Cl4N26O12. The fourth-order valence-corrected chi connectivity index (χ4v) is 15.9. The average molecular weight is 1780 g/mol. The number of ether oxygens (including phenoxy) is 4. The lowest BCUT2D eigenvalue weighted by Crippen LogP contribution is -2.49. The zero-order valence-electron chi connectivity index (χ0n) is 69.1. The van der Waals surface area contributed by atoms with Gasteiger partial charge in [-0.15, -0.1) is 0 Å². The van der Waals surface area contributed by atoms with Gasteiger partial charge in [0.1, 0.15) is 66.8 Å². The van der Waals surface area contributed by atoms with Gasteiger partial charge in [-0.05, 0) is 98.8 Å². The molecule has 38 nitrogen and oxygen atoms in total. The topological polar surface area (TPSA) is 401 Å². The number of hydrogen-bond acceptors (Lipinski definition) is 29. The summed E-state index contributed by atoms with van der Waals surface area (Å²) < 4.78 is 37.5. The number of nitrogen functional groups attached to an aromatic ring is 1. The fourth-order valence-electron chi connectivity index (χ4n) is 15.1. The summed E-state index contributed by atoms with van der Waals surface area (Å²) in [6.07, 6.45) is 5.78. The summed E-state index contributed by atoms with van der Waals surface area (Å²) in [6, 6.07) is 35.4. The van der Waals surface area contributed by atoms with E-state index in [1.165, 1.54) is 23.3 Å². The number of nitrogens with two attached hydrogens (primary N) is 1. The Labute approximate surface area is 734 Å². The highest BCUT2D eigenvalue weighted by Gasteiger charge is 2.31. The molecule has 18 rings (SSSR count). The average Bonchev–Trinajstić information content (AvgIpc) is 1.63. The van der Waals surface area contributed by atoms with E-state index in [2.05, 4.69) is 80.2 Å². The maximum atomic E-state index is 13.1. The van der Waals surface area contributed by atoms with Crippen molar-refractivity contribution in [2.24, 2.45) is 0 Å². The summed E-state index contributed by atoms with van der Waals surface area (Å²) in [7, 11) is 6.37. The standard InChI is InChI=1S/C22H22ClN7O3.C21H20ClN7O3.C20H21ClN6O4.C20H23ClN6O2/c1-14-25-21(27-33-14)20-16-4-3-7-24-22(16)30(26-20)13-19(31)29-10-8-28(9-11-29)15-5-6-17(23)18(12-15)32-2;1-31-17-11-14(4-5-16(17)22)27-7-9-28(10-8-27)18(30)12-29-21-15(3-2-6-23-21)19(25-29)20-24-13-32-26-20;1-13-16-9-15(27(29)30)11-22-20(16)26(23-13)12-19(28)25-7-5-24(6-8-25)14-3-4-17(21)18(10-14)31-2;1-13-3-5-15-19(22)24-27(20(15)23-13)12-18(28)26-9-7-25(8-10-26)14-4-6-16(21)17(11-14)29-2/h3-7,12H,8-11,13H2,1-2H3;2-6,11,13H,7-10,12H2,1H3;3-4,9-11H,5-8,12H2,1-2H3;3-6,11H,7-10,12H2,1-2H3,(H2,22,24). The van der Waals surface area contributed by atoms with Crippen molar-refractivity contribution in [3.05, 3.63) is 188 Å². The van der Waals surface area contributed by atoms with Gasteiger partial charge in [0.05, 0.1) is 75.3 Å². The fraction of sp³-hybridized carbons (Fsp3) is 0.325. The van der Waals surface area contributed by atoms with Crippen molar-refractivity contribution in [2.75, 3.05) is 158 Å². The van der Waals surface area contributed by atoms with Gasteiger partial charge >= 0.3 is 0 Å². The Morgan fingerprint density at radius 1 is 0.432 bits per heavy atom. The van der Waals surface area contributed by atoms with Gasteiger partial charge in [0.15, 0.2) is 28.4 Å². The number of piperazine rings is 4. The van der Waals surface area contributed by atoms with Crippen LogP contribution in [0.2, 0.25) is 20.1 Å². The summed E-state index contributed by atoms with van der Waals surface area (Å²) in [6.45, 7) is 16.2. The molecule has 4 saturated heterocycles. The normalized spacial score (nSPS) is 14.2. The maximum absolute atomic E-state index is 13.1. The smallest absolute Gasteiger partial charge is 0.288 e. The second kappa shape index (κ2) is 38.4. The predicted molar refractivity (Wildman–Crippen MR) is 469 cm³/mol. The van der Waals surface area contributed by atoms with Crippen LogP contribution >= 0.6 is 46.4 Å². The number of hydrogen-bond donors (Lipinski definition) is 1. The van der Waals surface area contributed by atoms with E-state index in [0.29, 0.717) is 203 Å². The van der Waals surface area contributed by atoms with E-state index in [9.17, 15) is 29.3 Å². The van der Waals surface area contributed by atoms with Gasteiger partial charge < -0.3 is 72.9 Å². The van der Waals surface area contributed by atoms with Crippen LogP contribution in [0.4, 0.5) is 34.3 Å². The van der Waals surface area contributed by atoms with Crippen LogP contribution in [0.3, 0.4) is 0 Å². The van der Waals surface area contributed by atoms with E-state index in [4.69, 9.17) is 80.1 Å². The third kappa shape index (κ3) is 19.4. The van der Waals surface area contributed by atoms with Crippen molar-refractivity contribution < 1.29 is 52.1 Å². The van der Waals surface area contributed by atoms with E-state index < -0.39 is 4.92 Å². The van der Waals surface area contributed by atoms with Crippen LogP contribution in [-0.2, 0) is 45.4 Å². The number of halogens is 4. The minimum atomic E-state index is -0.496. The van der Waals surface area contributed by atoms with Crippen molar-refractivity contribution >= 4 is 148 Å². The molecule has 0 spiro atoms. The van der Waals surface area contributed by atoms with Crippen LogP contribution in [0.1, 0.15) is 17.3 Å². The zero-order chi connectivity index (χ0) is 87.7. The van der Waals surface area contributed by atoms with E-state index in [1.807, 2.05) is 125 Å². The molecule has 42 heteroatoms. The molecule has 10 aromatic heterocycles. The molecule has 2 N–H and O–H groups in total. The van der Waals surface area contributed by atoms with Gasteiger partial charge in [0.25, 0.3) is 5.69 Å². The Morgan fingerprint density at radius 2 is 0.816 bits per heavy atom. The predicted octanol–water partition coefficient (Wildman–Crippen LogP) is 10.3. The molecule has 4 fully saturated rings. The molecule has 4 aliphatic heterocycles. The third-order valence-corrected chi connectivity index (χ3v) is 23.0. The van der Waals surface area contributed by atoms with Crippen LogP contribution in [0.25, 0.3) is 67.2 Å². The number of aromatic nitrogens is 16. The summed E-state index contributed by atoms with van der Waals surface area (Å²) in [4.78, 5) is 104. The molecule has 125 heavy (non-hydrogen) atoms. The quantitative estimate of drug-likeness (QED) is 0.0580. The van der Waals surface area contributed by atoms with Gasteiger partial charge in [0, 0.05) is 188 Å². The molecule has 4 aromatic carbocycles. The highest BCUT2D eigenvalue weighted by molar-refractivity contribution is 6.33. The summed E-state index contributed by atoms with van der Waals surface area (Å²) in [5.74, 6) is 4.01. The van der Waals surface area contributed by atoms with Crippen LogP contribution in [0, 0.1) is 30.9 Å². The largest absolute Gasteiger partial charge is 0.495 e. The highest BCUT2D eigenvalue weighted by atomic mass is 35.5. The number of aryl methyl sites for hydroxylation is 3. The number of methoxy groups -OCH3 is 4. The van der Waals surface area contributed by atoms with Crippen molar-refractivity contribution in [1.82, 2.24) is 98.9 Å². The van der Waals surface area contributed by atoms with Crippen LogP contribution in [0.15, 0.2) is 149 Å². The molecule has 4 amide bonds. The lowest BCUT2D eigenvalue weighted by atomic mass is 10.2. The molecule has 0 bridgehead atoms. The second-order valence-corrected chi connectivity index (χ2v) is 31.0. The van der Waals surface area contributed by atoms with Gasteiger partial charge in [0.2, 0.25) is 47.6 Å². The molecule has 0 aliphatic carbocycles. The molecule has 0 atom stereocenters. The minimum absolute atomic E-state index is 0.00560. The number of pyridine rings is 4. The summed E-state index contributed by atoms with van der Waals surface area (Å²) >= 11 is 24.5. The first-order valence-electron chi connectivity index (χ1n) is 39.7. The Morgan fingerprint density at radius 3 is 1.18 bits per heavy atom. The summed E-state index contributed by atoms with van der Waals surface area (Å²) in [5.41, 5.74) is 14.8. The number of fused-ring (bicyclic) bond motifs is 4. The van der Waals surface area contributed by atoms with E-state index >= 15 is 0 Å². The molecule has 14 aromatic rings. The van der Waals surface area contributed by atoms with Gasteiger partial charge in [-0.2, -0.15) is 30.4 Å². The molecule has 14 heterocycles. The minimum Gasteiger partial charge on any atom is -0.495 e. The number of rotatable bonds is 19. The molecular weight excluding hydrogens is 1690 g/mol. The number of benzene rings is 4. The summed E-state index contributed by atoms with van der Waals surface area (Å²) in [5, 5.41) is 41.8. The number of anilines is 5. The number of carbonyl (C=O) groups is 4. The maximum Gasteiger partial charge on any atom is 0.288 e. The molecule has 0 unspecified atom stereocenters. The first-order chi connectivity index (χ1) is 60.5. The van der Waals surface area contributed by atoms with Crippen molar-refractivity contribution in [3.8, 4) is 46.0 Å². The first kappa shape index (κ1) is 86.2. The number of carbonyl (C=O) groups excluding carboxylic acids is 4. The van der Waals surface area contributed by atoms with E-state index in [1.54, 1.807) is 79.7 Å². The van der Waals surface area contributed by atoms with Crippen LogP contribution in [-0.4, -0.2) is 261 Å². The number of amides is 4. The lowest BCUT2D eigenvalue weighted by molar-refractivity contribution is -0.385. The molecule has 0 saturated carbocycles. The Bertz CT molecular complexity index is 6270. The first-order valence-corrected chi connectivity index (χ1v) is 41.2. The zero-order valence-corrected chi connectivity index (χ0v) is 72.1. The SMILES string of the molecule is COc1cc(N2CCN(C(=O)Cn3nc(-c4ncon4)c4cccnc43)CC2)ccc1Cl.COc1cc(N2CCN(C(=O)Cn3nc(-c4noc(C)n4)c4cccnc43)CC2)ccc1Cl.COc1cc(N2CCN(C(=O)Cn3nc(C)c4cc([N+](=O)[O-])cnc43)CC2)ccc1Cl.COc1cc(N2CCN(C(=O)Cn3nc(N)c4ccc(C)nc43)CC2)ccc1Cl. The van der Waals surface area contributed by atoms with Gasteiger partial charge in [-0.3, -0.25) is 29.3 Å². The third-order valence-electron chi connectivity index (χ3n) is 21.7. The molecule has 648 valence electrons. The van der Waals surface area contributed by atoms with Crippen LogP contribution in [0.5, 0.6) is 23.0 Å². The molecule has 0 radical (unpaired) electrons. The van der Waals surface area contributed by atoms with Crippen molar-refractivity contribution in [2.45, 2.75) is 47.0 Å². The monoisotopic (exact) mass is 1780 g/mol. The van der Waals surface area contributed by atoms with Crippen molar-refractivity contribution in [1.29, 1.82) is 0 Å².